The zero-order valence-corrected chi connectivity index (χ0v) is 10.8. The zero-order valence-electron chi connectivity index (χ0n) is 10.8. The molecule has 0 aliphatic rings. The van der Waals surface area contributed by atoms with Crippen molar-refractivity contribution in [1.82, 2.24) is 9.55 Å². The van der Waals surface area contributed by atoms with Crippen LogP contribution in [0, 0.1) is 6.92 Å². The largest absolute Gasteiger partial charge is 0.446 e. The van der Waals surface area contributed by atoms with Gasteiger partial charge >= 0.3 is 6.09 Å². The van der Waals surface area contributed by atoms with Gasteiger partial charge in [0.05, 0.1) is 33.0 Å². The summed E-state index contributed by atoms with van der Waals surface area (Å²) in [6.07, 6.45) is 3.94. The molecular formula is C12H19N2O5. The Bertz CT molecular complexity index is 329. The Balaban J connectivity index is 1.85. The molecule has 0 saturated carbocycles. The first kappa shape index (κ1) is 15.6. The molecule has 107 valence electrons. The van der Waals surface area contributed by atoms with Gasteiger partial charge in [0.25, 0.3) is 0 Å². The van der Waals surface area contributed by atoms with Crippen LogP contribution >= 0.6 is 0 Å². The van der Waals surface area contributed by atoms with Crippen LogP contribution in [0.1, 0.15) is 0 Å². The van der Waals surface area contributed by atoms with Crippen molar-refractivity contribution in [3.8, 4) is 0 Å². The molecule has 1 heterocycles. The second-order valence-electron chi connectivity index (χ2n) is 3.42. The maximum absolute atomic E-state index is 11.3. The minimum absolute atomic E-state index is 0.196. The van der Waals surface area contributed by atoms with E-state index in [4.69, 9.17) is 18.9 Å². The van der Waals surface area contributed by atoms with E-state index in [-0.39, 0.29) is 6.61 Å². The van der Waals surface area contributed by atoms with Crippen LogP contribution in [0.4, 0.5) is 4.79 Å². The average Bonchev–Trinajstić information content (AvgIpc) is 2.95. The molecule has 0 aromatic carbocycles. The topological polar surface area (TPSA) is 71.8 Å². The smallest absolute Gasteiger partial charge is 0.419 e. The van der Waals surface area contributed by atoms with Gasteiger partial charge in [-0.05, 0) is 6.92 Å². The summed E-state index contributed by atoms with van der Waals surface area (Å²) in [5.74, 6) is 0. The molecule has 0 saturated heterocycles. The molecule has 1 radical (unpaired) electrons. The molecule has 0 aliphatic heterocycles. The Labute approximate surface area is 112 Å². The predicted octanol–water partition coefficient (Wildman–Crippen LogP) is 0.752. The van der Waals surface area contributed by atoms with E-state index in [9.17, 15) is 4.79 Å². The van der Waals surface area contributed by atoms with Crippen LogP contribution in [-0.4, -0.2) is 61.9 Å². The number of hydrogen-bond donors (Lipinski definition) is 0. The number of aromatic nitrogens is 2. The zero-order chi connectivity index (χ0) is 13.8. The first-order chi connectivity index (χ1) is 9.34. The Kier molecular flexibility index (Phi) is 8.61. The summed E-state index contributed by atoms with van der Waals surface area (Å²) < 4.78 is 21.6. The minimum Gasteiger partial charge on any atom is -0.446 e. The van der Waals surface area contributed by atoms with E-state index in [1.54, 1.807) is 0 Å². The number of ether oxygens (including phenoxy) is 4. The third-order valence-electron chi connectivity index (χ3n) is 2.06. The third-order valence-corrected chi connectivity index (χ3v) is 2.06. The standard InChI is InChI=1S/C12H19N2O5/c1-2-16-5-6-17-7-8-18-9-10-19-12(15)14-4-3-13-11-14/h3-4,11H,1-2,5-10H2. The second kappa shape index (κ2) is 10.5. The van der Waals surface area contributed by atoms with Crippen molar-refractivity contribution in [3.05, 3.63) is 25.6 Å². The van der Waals surface area contributed by atoms with Crippen LogP contribution in [0.25, 0.3) is 0 Å². The average molecular weight is 271 g/mol. The maximum atomic E-state index is 11.3. The van der Waals surface area contributed by atoms with Crippen molar-refractivity contribution in [2.75, 3.05) is 46.2 Å². The monoisotopic (exact) mass is 271 g/mol. The number of rotatable bonds is 10. The van der Waals surface area contributed by atoms with Crippen LogP contribution < -0.4 is 0 Å². The van der Waals surface area contributed by atoms with Crippen molar-refractivity contribution in [2.45, 2.75) is 0 Å². The van der Waals surface area contributed by atoms with Gasteiger partial charge in [-0.2, -0.15) is 0 Å². The number of carbonyl (C=O) groups excluding carboxylic acids is 1. The van der Waals surface area contributed by atoms with Crippen molar-refractivity contribution < 1.29 is 23.7 Å². The molecule has 1 rings (SSSR count). The van der Waals surface area contributed by atoms with Gasteiger partial charge in [-0.25, -0.2) is 14.3 Å². The van der Waals surface area contributed by atoms with Crippen molar-refractivity contribution >= 4 is 6.09 Å². The minimum atomic E-state index is -0.470. The number of carbonyl (C=O) groups is 1. The van der Waals surface area contributed by atoms with Crippen molar-refractivity contribution in [1.29, 1.82) is 0 Å². The molecule has 0 spiro atoms. The fraction of sp³-hybridized carbons (Fsp3) is 0.583. The van der Waals surface area contributed by atoms with Crippen LogP contribution in [0.15, 0.2) is 18.7 Å². The molecule has 0 bridgehead atoms. The van der Waals surface area contributed by atoms with Crippen LogP contribution in [0.5, 0.6) is 0 Å². The first-order valence-corrected chi connectivity index (χ1v) is 6.02. The quantitative estimate of drug-likeness (QED) is 0.585. The summed E-state index contributed by atoms with van der Waals surface area (Å²) >= 11 is 0. The van der Waals surface area contributed by atoms with Gasteiger partial charge < -0.3 is 18.9 Å². The molecule has 1 aromatic heterocycles. The molecule has 0 fully saturated rings. The van der Waals surface area contributed by atoms with E-state index in [1.807, 2.05) is 0 Å². The molecule has 0 aliphatic carbocycles. The van der Waals surface area contributed by atoms with E-state index >= 15 is 0 Å². The molecule has 0 N–H and O–H groups in total. The lowest BCUT2D eigenvalue weighted by Gasteiger charge is -2.07. The van der Waals surface area contributed by atoms with E-state index in [0.717, 1.165) is 0 Å². The molecule has 7 heteroatoms. The Morgan fingerprint density at radius 1 is 1.05 bits per heavy atom. The first-order valence-electron chi connectivity index (χ1n) is 6.02. The van der Waals surface area contributed by atoms with Crippen molar-refractivity contribution in [3.63, 3.8) is 0 Å². The molecule has 7 nitrogen and oxygen atoms in total. The summed E-state index contributed by atoms with van der Waals surface area (Å²) in [5, 5.41) is 0. The van der Waals surface area contributed by atoms with Crippen LogP contribution in [0.2, 0.25) is 0 Å². The Morgan fingerprint density at radius 3 is 2.26 bits per heavy atom. The lowest BCUT2D eigenvalue weighted by molar-refractivity contribution is 0.00921. The SMILES string of the molecule is [CH2]COCCOCCOCCOC(=O)n1ccnc1. The molecule has 0 unspecified atom stereocenters. The third kappa shape index (κ3) is 7.55. The van der Waals surface area contributed by atoms with E-state index in [2.05, 4.69) is 11.9 Å². The summed E-state index contributed by atoms with van der Waals surface area (Å²) in [5.41, 5.74) is 0. The van der Waals surface area contributed by atoms with Gasteiger partial charge in [0.2, 0.25) is 0 Å². The molecule has 0 atom stereocenters. The van der Waals surface area contributed by atoms with Gasteiger partial charge in [-0.1, -0.05) is 0 Å². The predicted molar refractivity (Wildman–Crippen MR) is 66.8 cm³/mol. The summed E-state index contributed by atoms with van der Waals surface area (Å²) in [6, 6.07) is 0. The van der Waals surface area contributed by atoms with E-state index in [1.165, 1.54) is 23.3 Å². The molecule has 0 amide bonds. The normalized spacial score (nSPS) is 10.6. The lowest BCUT2D eigenvalue weighted by atomic mass is 10.7. The number of hydrogen-bond acceptors (Lipinski definition) is 6. The van der Waals surface area contributed by atoms with Gasteiger partial charge in [-0.15, -0.1) is 0 Å². The molecule has 19 heavy (non-hydrogen) atoms. The highest BCUT2D eigenvalue weighted by atomic mass is 16.6. The van der Waals surface area contributed by atoms with Gasteiger partial charge in [0.15, 0.2) is 0 Å². The highest BCUT2D eigenvalue weighted by Gasteiger charge is 2.03. The molecule has 1 aromatic rings. The Hall–Kier alpha value is -1.44. The van der Waals surface area contributed by atoms with E-state index in [0.29, 0.717) is 39.6 Å². The summed E-state index contributed by atoms with van der Waals surface area (Å²) in [4.78, 5) is 15.1. The van der Waals surface area contributed by atoms with Gasteiger partial charge in [-0.3, -0.25) is 0 Å². The van der Waals surface area contributed by atoms with Crippen LogP contribution in [0.3, 0.4) is 0 Å². The fourth-order valence-corrected chi connectivity index (χ4v) is 1.17. The summed E-state index contributed by atoms with van der Waals surface area (Å²) in [7, 11) is 0. The highest BCUT2D eigenvalue weighted by molar-refractivity contribution is 5.69. The molecular weight excluding hydrogens is 252 g/mol. The van der Waals surface area contributed by atoms with Crippen LogP contribution in [-0.2, 0) is 18.9 Å². The summed E-state index contributed by atoms with van der Waals surface area (Å²) in [6.45, 7) is 6.50. The maximum Gasteiger partial charge on any atom is 0.419 e. The van der Waals surface area contributed by atoms with Gasteiger partial charge in [0.1, 0.15) is 12.9 Å². The second-order valence-corrected chi connectivity index (χ2v) is 3.42. The Morgan fingerprint density at radius 2 is 1.68 bits per heavy atom. The van der Waals surface area contributed by atoms with E-state index < -0.39 is 6.09 Å². The fourth-order valence-electron chi connectivity index (χ4n) is 1.17. The number of imidazole rings is 1. The van der Waals surface area contributed by atoms with Crippen molar-refractivity contribution in [2.24, 2.45) is 0 Å². The lowest BCUT2D eigenvalue weighted by Crippen LogP contribution is -2.16. The van der Waals surface area contributed by atoms with Gasteiger partial charge in [0, 0.05) is 19.0 Å². The highest BCUT2D eigenvalue weighted by Crippen LogP contribution is 1.90. The number of nitrogens with zero attached hydrogens (tertiary/aromatic N) is 2.